The number of nitrogens with zero attached hydrogens (tertiary/aromatic N) is 2. The number of hydrogen-bond acceptors (Lipinski definition) is 4. The molecule has 1 N–H and O–H groups in total. The SMILES string of the molecule is COc1cccc2c1CCC2Nc1ncccn1. The molecule has 2 aromatic rings. The molecule has 0 spiro atoms. The van der Waals surface area contributed by atoms with E-state index in [1.807, 2.05) is 18.2 Å². The third kappa shape index (κ3) is 1.90. The van der Waals surface area contributed by atoms with Crippen LogP contribution in [0.3, 0.4) is 0 Å². The second-order valence-electron chi connectivity index (χ2n) is 4.34. The molecule has 0 radical (unpaired) electrons. The first-order chi connectivity index (χ1) is 8.88. The number of ether oxygens (including phenoxy) is 1. The van der Waals surface area contributed by atoms with Crippen molar-refractivity contribution in [2.75, 3.05) is 12.4 Å². The minimum absolute atomic E-state index is 0.275. The van der Waals surface area contributed by atoms with Crippen LogP contribution in [0.4, 0.5) is 5.95 Å². The lowest BCUT2D eigenvalue weighted by molar-refractivity contribution is 0.410. The number of anilines is 1. The molecule has 0 bridgehead atoms. The summed E-state index contributed by atoms with van der Waals surface area (Å²) in [5, 5.41) is 3.37. The molecule has 1 heterocycles. The van der Waals surface area contributed by atoms with Crippen LogP contribution in [-0.4, -0.2) is 17.1 Å². The van der Waals surface area contributed by atoms with Crippen molar-refractivity contribution in [2.45, 2.75) is 18.9 Å². The van der Waals surface area contributed by atoms with E-state index in [4.69, 9.17) is 4.74 Å². The maximum absolute atomic E-state index is 5.40. The summed E-state index contributed by atoms with van der Waals surface area (Å²) in [5.41, 5.74) is 2.59. The Balaban J connectivity index is 1.87. The van der Waals surface area contributed by atoms with E-state index in [0.717, 1.165) is 18.6 Å². The van der Waals surface area contributed by atoms with Gasteiger partial charge in [0.2, 0.25) is 5.95 Å². The molecule has 0 saturated carbocycles. The van der Waals surface area contributed by atoms with E-state index >= 15 is 0 Å². The molecule has 1 aliphatic carbocycles. The molecule has 1 aliphatic rings. The van der Waals surface area contributed by atoms with Crippen molar-refractivity contribution in [3.05, 3.63) is 47.8 Å². The fourth-order valence-electron chi connectivity index (χ4n) is 2.49. The molecule has 1 aromatic carbocycles. The van der Waals surface area contributed by atoms with Gasteiger partial charge in [-0.15, -0.1) is 0 Å². The van der Waals surface area contributed by atoms with Crippen LogP contribution in [0.15, 0.2) is 36.7 Å². The Morgan fingerprint density at radius 1 is 1.22 bits per heavy atom. The Kier molecular flexibility index (Phi) is 2.84. The number of fused-ring (bicyclic) bond motifs is 1. The van der Waals surface area contributed by atoms with Gasteiger partial charge in [0.15, 0.2) is 0 Å². The number of nitrogens with one attached hydrogen (secondary N) is 1. The normalized spacial score (nSPS) is 17.3. The first kappa shape index (κ1) is 11.0. The van der Waals surface area contributed by atoms with Crippen LogP contribution in [-0.2, 0) is 6.42 Å². The molecule has 1 unspecified atom stereocenters. The van der Waals surface area contributed by atoms with Crippen molar-refractivity contribution >= 4 is 5.95 Å². The zero-order chi connectivity index (χ0) is 12.4. The van der Waals surface area contributed by atoms with Gasteiger partial charge in [-0.25, -0.2) is 9.97 Å². The average Bonchev–Trinajstić information content (AvgIpc) is 2.83. The summed E-state index contributed by atoms with van der Waals surface area (Å²) < 4.78 is 5.40. The number of methoxy groups -OCH3 is 1. The summed E-state index contributed by atoms with van der Waals surface area (Å²) in [6.07, 6.45) is 5.57. The minimum Gasteiger partial charge on any atom is -0.496 e. The highest BCUT2D eigenvalue weighted by Gasteiger charge is 2.25. The highest BCUT2D eigenvalue weighted by Crippen LogP contribution is 2.38. The van der Waals surface area contributed by atoms with Gasteiger partial charge in [0.05, 0.1) is 13.2 Å². The molecule has 4 heteroatoms. The van der Waals surface area contributed by atoms with Crippen molar-refractivity contribution in [2.24, 2.45) is 0 Å². The van der Waals surface area contributed by atoms with E-state index in [1.54, 1.807) is 19.5 Å². The van der Waals surface area contributed by atoms with E-state index < -0.39 is 0 Å². The van der Waals surface area contributed by atoms with Crippen LogP contribution >= 0.6 is 0 Å². The molecule has 1 aromatic heterocycles. The number of hydrogen-bond donors (Lipinski definition) is 1. The molecule has 0 fully saturated rings. The molecular formula is C14H15N3O. The fraction of sp³-hybridized carbons (Fsp3) is 0.286. The maximum Gasteiger partial charge on any atom is 0.223 e. The minimum atomic E-state index is 0.275. The topological polar surface area (TPSA) is 47.0 Å². The van der Waals surface area contributed by atoms with Crippen molar-refractivity contribution in [1.29, 1.82) is 0 Å². The van der Waals surface area contributed by atoms with E-state index in [2.05, 4.69) is 21.4 Å². The summed E-state index contributed by atoms with van der Waals surface area (Å²) in [6, 6.07) is 8.28. The highest BCUT2D eigenvalue weighted by molar-refractivity contribution is 5.47. The number of aromatic nitrogens is 2. The van der Waals surface area contributed by atoms with E-state index in [0.29, 0.717) is 5.95 Å². The van der Waals surface area contributed by atoms with Crippen molar-refractivity contribution in [1.82, 2.24) is 9.97 Å². The van der Waals surface area contributed by atoms with Crippen molar-refractivity contribution < 1.29 is 4.74 Å². The van der Waals surface area contributed by atoms with Gasteiger partial charge in [0.25, 0.3) is 0 Å². The maximum atomic E-state index is 5.40. The quantitative estimate of drug-likeness (QED) is 0.897. The zero-order valence-corrected chi connectivity index (χ0v) is 10.3. The van der Waals surface area contributed by atoms with Crippen LogP contribution in [0.5, 0.6) is 5.75 Å². The van der Waals surface area contributed by atoms with E-state index in [9.17, 15) is 0 Å². The molecule has 0 amide bonds. The molecule has 1 atom stereocenters. The smallest absolute Gasteiger partial charge is 0.223 e. The molecule has 18 heavy (non-hydrogen) atoms. The Morgan fingerprint density at radius 2 is 2.06 bits per heavy atom. The predicted octanol–water partition coefficient (Wildman–Crippen LogP) is 2.58. The molecule has 3 rings (SSSR count). The van der Waals surface area contributed by atoms with Gasteiger partial charge in [0, 0.05) is 12.4 Å². The van der Waals surface area contributed by atoms with Crippen LogP contribution in [0.25, 0.3) is 0 Å². The fourth-order valence-corrected chi connectivity index (χ4v) is 2.49. The van der Waals surface area contributed by atoms with Crippen LogP contribution in [0, 0.1) is 0 Å². The molecule has 4 nitrogen and oxygen atoms in total. The lowest BCUT2D eigenvalue weighted by Gasteiger charge is -2.14. The first-order valence-corrected chi connectivity index (χ1v) is 6.08. The number of rotatable bonds is 3. The van der Waals surface area contributed by atoms with Gasteiger partial charge in [-0.05, 0) is 36.1 Å². The first-order valence-electron chi connectivity index (χ1n) is 6.08. The Morgan fingerprint density at radius 3 is 2.83 bits per heavy atom. The van der Waals surface area contributed by atoms with Crippen molar-refractivity contribution in [3.63, 3.8) is 0 Å². The van der Waals surface area contributed by atoms with Gasteiger partial charge >= 0.3 is 0 Å². The summed E-state index contributed by atoms with van der Waals surface area (Å²) in [5.74, 6) is 1.66. The number of benzene rings is 1. The third-order valence-electron chi connectivity index (χ3n) is 3.32. The van der Waals surface area contributed by atoms with Gasteiger partial charge in [0.1, 0.15) is 5.75 Å². The summed E-state index contributed by atoms with van der Waals surface area (Å²) in [6.45, 7) is 0. The average molecular weight is 241 g/mol. The largest absolute Gasteiger partial charge is 0.496 e. The van der Waals surface area contributed by atoms with Crippen LogP contribution < -0.4 is 10.1 Å². The monoisotopic (exact) mass is 241 g/mol. The highest BCUT2D eigenvalue weighted by atomic mass is 16.5. The van der Waals surface area contributed by atoms with E-state index in [-0.39, 0.29) is 6.04 Å². The zero-order valence-electron chi connectivity index (χ0n) is 10.3. The third-order valence-corrected chi connectivity index (χ3v) is 3.32. The lowest BCUT2D eigenvalue weighted by atomic mass is 10.1. The van der Waals surface area contributed by atoms with Crippen LogP contribution in [0.1, 0.15) is 23.6 Å². The van der Waals surface area contributed by atoms with Gasteiger partial charge in [-0.1, -0.05) is 12.1 Å². The molecule has 0 saturated heterocycles. The van der Waals surface area contributed by atoms with Crippen LogP contribution in [0.2, 0.25) is 0 Å². The van der Waals surface area contributed by atoms with Gasteiger partial charge in [-0.3, -0.25) is 0 Å². The Bertz CT molecular complexity index is 542. The second-order valence-corrected chi connectivity index (χ2v) is 4.34. The molecule has 92 valence electrons. The molecule has 0 aliphatic heterocycles. The van der Waals surface area contributed by atoms with Gasteiger partial charge in [-0.2, -0.15) is 0 Å². The van der Waals surface area contributed by atoms with Crippen molar-refractivity contribution in [3.8, 4) is 5.75 Å². The lowest BCUT2D eigenvalue weighted by Crippen LogP contribution is -2.09. The second kappa shape index (κ2) is 4.64. The Labute approximate surface area is 106 Å². The van der Waals surface area contributed by atoms with E-state index in [1.165, 1.54) is 11.1 Å². The predicted molar refractivity (Wildman–Crippen MR) is 69.7 cm³/mol. The summed E-state index contributed by atoms with van der Waals surface area (Å²) in [4.78, 5) is 8.41. The van der Waals surface area contributed by atoms with Gasteiger partial charge < -0.3 is 10.1 Å². The summed E-state index contributed by atoms with van der Waals surface area (Å²) in [7, 11) is 1.72. The summed E-state index contributed by atoms with van der Waals surface area (Å²) >= 11 is 0. The standard InChI is InChI=1S/C14H15N3O/c1-18-13-5-2-4-10-11(13)6-7-12(10)17-14-15-8-3-9-16-14/h2-5,8-9,12H,6-7H2,1H3,(H,15,16,17). The molecular weight excluding hydrogens is 226 g/mol. The Hall–Kier alpha value is -2.10.